The van der Waals surface area contributed by atoms with Crippen molar-refractivity contribution in [1.82, 2.24) is 0 Å². The first-order chi connectivity index (χ1) is 4.75. The molecular weight excluding hydrogens is 138 g/mol. The lowest BCUT2D eigenvalue weighted by atomic mass is 10.3. The van der Waals surface area contributed by atoms with Gasteiger partial charge in [0.2, 0.25) is 5.82 Å². The molecule has 0 N–H and O–H groups in total. The molecule has 0 fully saturated rings. The molecule has 1 radical (unpaired) electrons. The van der Waals surface area contributed by atoms with Crippen LogP contribution in [0.2, 0.25) is 0 Å². The second kappa shape index (κ2) is 2.64. The van der Waals surface area contributed by atoms with Gasteiger partial charge in [-0.05, 0) is 12.1 Å². The second-order valence-electron chi connectivity index (χ2n) is 1.70. The molecule has 0 aliphatic heterocycles. The minimum absolute atomic E-state index is 0.181. The number of rotatable bonds is 1. The van der Waals surface area contributed by atoms with Crippen LogP contribution in [0, 0.1) is 18.7 Å². The highest BCUT2D eigenvalue weighted by Crippen LogP contribution is 2.18. The zero-order valence-electron chi connectivity index (χ0n) is 5.10. The third-order valence-corrected chi connectivity index (χ3v) is 1.07. The van der Waals surface area contributed by atoms with E-state index in [1.165, 1.54) is 12.1 Å². The van der Waals surface area contributed by atoms with Gasteiger partial charge in [0.1, 0.15) is 7.11 Å². The van der Waals surface area contributed by atoms with Crippen LogP contribution in [0.25, 0.3) is 0 Å². The fourth-order valence-corrected chi connectivity index (χ4v) is 0.595. The summed E-state index contributed by atoms with van der Waals surface area (Å²) < 4.78 is 29.0. The van der Waals surface area contributed by atoms with Crippen molar-refractivity contribution in [3.63, 3.8) is 0 Å². The number of halogens is 2. The van der Waals surface area contributed by atoms with Crippen molar-refractivity contribution >= 4 is 0 Å². The van der Waals surface area contributed by atoms with Crippen LogP contribution >= 0.6 is 0 Å². The highest BCUT2D eigenvalue weighted by molar-refractivity contribution is 5.24. The fourth-order valence-electron chi connectivity index (χ4n) is 0.595. The van der Waals surface area contributed by atoms with Gasteiger partial charge >= 0.3 is 0 Å². The van der Waals surface area contributed by atoms with Gasteiger partial charge in [-0.3, -0.25) is 0 Å². The Bertz CT molecular complexity index is 235. The van der Waals surface area contributed by atoms with Gasteiger partial charge < -0.3 is 4.74 Å². The van der Waals surface area contributed by atoms with E-state index in [0.29, 0.717) is 0 Å². The second-order valence-corrected chi connectivity index (χ2v) is 1.70. The largest absolute Gasteiger partial charge is 0.487 e. The van der Waals surface area contributed by atoms with Gasteiger partial charge in [0.25, 0.3) is 0 Å². The van der Waals surface area contributed by atoms with Gasteiger partial charge in [-0.15, -0.1) is 0 Å². The monoisotopic (exact) mass is 143 g/mol. The molecule has 0 saturated heterocycles. The third kappa shape index (κ3) is 1.07. The van der Waals surface area contributed by atoms with Crippen molar-refractivity contribution in [2.24, 2.45) is 0 Å². The minimum atomic E-state index is -1.00. The number of benzene rings is 1. The van der Waals surface area contributed by atoms with E-state index in [4.69, 9.17) is 0 Å². The van der Waals surface area contributed by atoms with Gasteiger partial charge in [0, 0.05) is 0 Å². The SMILES string of the molecule is [CH2]Oc1cccc(F)c1F. The number of hydrogen-bond acceptors (Lipinski definition) is 1. The Hall–Kier alpha value is -1.12. The maximum atomic E-state index is 12.5. The summed E-state index contributed by atoms with van der Waals surface area (Å²) in [6, 6.07) is 3.65. The lowest BCUT2D eigenvalue weighted by Crippen LogP contribution is -1.88. The molecule has 10 heavy (non-hydrogen) atoms. The Morgan fingerprint density at radius 1 is 1.30 bits per heavy atom. The predicted octanol–water partition coefficient (Wildman–Crippen LogP) is 2.14. The standard InChI is InChI=1S/C7H5F2O/c1-10-6-4-2-3-5(8)7(6)9/h2-4H,1H2. The van der Waals surface area contributed by atoms with Crippen molar-refractivity contribution in [2.75, 3.05) is 0 Å². The number of ether oxygens (including phenoxy) is 1. The molecule has 0 aromatic heterocycles. The third-order valence-electron chi connectivity index (χ3n) is 1.07. The molecule has 0 aliphatic rings. The summed E-state index contributed by atoms with van der Waals surface area (Å²) in [4.78, 5) is 0. The average Bonchev–Trinajstić information content (AvgIpc) is 1.95. The van der Waals surface area contributed by atoms with Crippen molar-refractivity contribution in [3.05, 3.63) is 36.9 Å². The summed E-state index contributed by atoms with van der Waals surface area (Å²) in [6.07, 6.45) is 0. The summed E-state index contributed by atoms with van der Waals surface area (Å²) in [6.45, 7) is 0. The molecule has 0 heterocycles. The van der Waals surface area contributed by atoms with Crippen LogP contribution in [0.15, 0.2) is 18.2 Å². The molecule has 0 unspecified atom stereocenters. The van der Waals surface area contributed by atoms with Crippen LogP contribution in [-0.4, -0.2) is 0 Å². The van der Waals surface area contributed by atoms with Gasteiger partial charge in [0.15, 0.2) is 11.6 Å². The maximum Gasteiger partial charge on any atom is 0.200 e. The quantitative estimate of drug-likeness (QED) is 0.585. The van der Waals surface area contributed by atoms with Crippen molar-refractivity contribution in [1.29, 1.82) is 0 Å². The smallest absolute Gasteiger partial charge is 0.200 e. The van der Waals surface area contributed by atoms with Gasteiger partial charge in [-0.25, -0.2) is 4.39 Å². The average molecular weight is 143 g/mol. The fraction of sp³-hybridized carbons (Fsp3) is 0. The molecule has 1 rings (SSSR count). The summed E-state index contributed by atoms with van der Waals surface area (Å²) in [5.74, 6) is -2.11. The summed E-state index contributed by atoms with van der Waals surface area (Å²) in [7, 11) is 2.95. The molecule has 0 atom stereocenters. The van der Waals surface area contributed by atoms with E-state index in [9.17, 15) is 8.78 Å². The Morgan fingerprint density at radius 3 is 2.50 bits per heavy atom. The van der Waals surface area contributed by atoms with E-state index in [2.05, 4.69) is 11.8 Å². The zero-order valence-corrected chi connectivity index (χ0v) is 5.10. The first kappa shape index (κ1) is 6.99. The normalized spacial score (nSPS) is 9.50. The molecule has 53 valence electrons. The van der Waals surface area contributed by atoms with Crippen molar-refractivity contribution in [2.45, 2.75) is 0 Å². The summed E-state index contributed by atoms with van der Waals surface area (Å²) in [5.41, 5.74) is 0. The first-order valence-electron chi connectivity index (χ1n) is 2.61. The van der Waals surface area contributed by atoms with Crippen LogP contribution in [0.1, 0.15) is 0 Å². The van der Waals surface area contributed by atoms with Gasteiger partial charge in [-0.2, -0.15) is 4.39 Å². The Labute approximate surface area is 57.2 Å². The van der Waals surface area contributed by atoms with Crippen molar-refractivity contribution in [3.8, 4) is 5.75 Å². The highest BCUT2D eigenvalue weighted by Gasteiger charge is 2.05. The topological polar surface area (TPSA) is 9.23 Å². The molecule has 0 saturated carbocycles. The Morgan fingerprint density at radius 2 is 2.00 bits per heavy atom. The molecule has 1 aromatic carbocycles. The van der Waals surface area contributed by atoms with Crippen LogP contribution in [0.5, 0.6) is 5.75 Å². The molecule has 1 nitrogen and oxygen atoms in total. The minimum Gasteiger partial charge on any atom is -0.487 e. The zero-order chi connectivity index (χ0) is 7.56. The van der Waals surface area contributed by atoms with E-state index in [-0.39, 0.29) is 5.75 Å². The maximum absolute atomic E-state index is 12.5. The molecule has 0 bridgehead atoms. The first-order valence-corrected chi connectivity index (χ1v) is 2.61. The molecular formula is C7H5F2O. The van der Waals surface area contributed by atoms with E-state index in [0.717, 1.165) is 6.07 Å². The summed E-state index contributed by atoms with van der Waals surface area (Å²) in [5, 5.41) is 0. The van der Waals surface area contributed by atoms with Crippen LogP contribution in [-0.2, 0) is 0 Å². The Kier molecular flexibility index (Phi) is 1.85. The van der Waals surface area contributed by atoms with Crippen LogP contribution in [0.4, 0.5) is 8.78 Å². The molecule has 3 heteroatoms. The predicted molar refractivity (Wildman–Crippen MR) is 32.3 cm³/mol. The van der Waals surface area contributed by atoms with Crippen LogP contribution in [0.3, 0.4) is 0 Å². The van der Waals surface area contributed by atoms with Gasteiger partial charge in [-0.1, -0.05) is 6.07 Å². The molecule has 1 aromatic rings. The van der Waals surface area contributed by atoms with E-state index < -0.39 is 11.6 Å². The van der Waals surface area contributed by atoms with Crippen molar-refractivity contribution < 1.29 is 13.5 Å². The number of hydrogen-bond donors (Lipinski definition) is 0. The molecule has 0 spiro atoms. The molecule has 0 aliphatic carbocycles. The van der Waals surface area contributed by atoms with E-state index in [1.54, 1.807) is 0 Å². The lowest BCUT2D eigenvalue weighted by molar-refractivity contribution is 0.410. The van der Waals surface area contributed by atoms with Gasteiger partial charge in [0.05, 0.1) is 0 Å². The Balaban J connectivity index is 3.14. The highest BCUT2D eigenvalue weighted by atomic mass is 19.2. The van der Waals surface area contributed by atoms with E-state index in [1.807, 2.05) is 0 Å². The van der Waals surface area contributed by atoms with Crippen LogP contribution < -0.4 is 4.74 Å². The molecule has 0 amide bonds. The summed E-state index contributed by atoms with van der Waals surface area (Å²) >= 11 is 0. The lowest BCUT2D eigenvalue weighted by Gasteiger charge is -1.99. The van der Waals surface area contributed by atoms with E-state index >= 15 is 0 Å².